The van der Waals surface area contributed by atoms with Crippen LogP contribution < -0.4 is 0 Å². The molecule has 1 rings (SSSR count). The molecule has 1 aliphatic heterocycles. The predicted molar refractivity (Wildman–Crippen MR) is 112 cm³/mol. The average Bonchev–Trinajstić information content (AvgIpc) is 2.80. The molecule has 0 aromatic rings. The van der Waals surface area contributed by atoms with Crippen molar-refractivity contribution in [3.05, 3.63) is 12.7 Å². The van der Waals surface area contributed by atoms with Crippen LogP contribution in [-0.2, 0) is 37.9 Å². The molecule has 1 heterocycles. The van der Waals surface area contributed by atoms with Gasteiger partial charge in [0.2, 0.25) is 0 Å². The van der Waals surface area contributed by atoms with Crippen LogP contribution in [0, 0.1) is 0 Å². The van der Waals surface area contributed by atoms with Gasteiger partial charge < -0.3 is 38.6 Å². The molecular formula is C21H34F6O10. The zero-order chi connectivity index (χ0) is 27.8. The lowest BCUT2D eigenvalue weighted by atomic mass is 10.2. The molecule has 3 unspecified atom stereocenters. The van der Waals surface area contributed by atoms with E-state index in [2.05, 4.69) is 20.8 Å². The fraction of sp³-hybridized carbons (Fsp3) is 0.905. The van der Waals surface area contributed by atoms with Crippen LogP contribution in [0.1, 0.15) is 19.3 Å². The second-order valence-corrected chi connectivity index (χ2v) is 7.80. The van der Waals surface area contributed by atoms with Crippen LogP contribution in [-0.4, -0.2) is 113 Å². The van der Waals surface area contributed by atoms with E-state index in [1.54, 1.807) is 6.08 Å². The van der Waals surface area contributed by atoms with Gasteiger partial charge in [-0.1, -0.05) is 6.08 Å². The molecule has 0 spiro atoms. The predicted octanol–water partition coefficient (Wildman–Crippen LogP) is 2.27. The highest BCUT2D eigenvalue weighted by Crippen LogP contribution is 2.33. The van der Waals surface area contributed by atoms with Crippen molar-refractivity contribution in [2.24, 2.45) is 0 Å². The first-order valence-corrected chi connectivity index (χ1v) is 11.4. The van der Waals surface area contributed by atoms with Crippen LogP contribution in [0.4, 0.5) is 26.3 Å². The molecule has 0 radical (unpaired) electrons. The van der Waals surface area contributed by atoms with Gasteiger partial charge in [0.1, 0.15) is 25.4 Å². The Bertz CT molecular complexity index is 610. The monoisotopic (exact) mass is 560 g/mol. The smallest absolute Gasteiger partial charge is 0.388 e. The third kappa shape index (κ3) is 17.2. The van der Waals surface area contributed by atoms with Crippen LogP contribution in [0.25, 0.3) is 0 Å². The Labute approximate surface area is 210 Å². The molecule has 37 heavy (non-hydrogen) atoms. The van der Waals surface area contributed by atoms with Crippen molar-refractivity contribution in [2.75, 3.05) is 66.1 Å². The number of ether oxygens (including phenoxy) is 8. The third-order valence-electron chi connectivity index (χ3n) is 4.31. The number of hydrogen-bond acceptors (Lipinski definition) is 10. The second kappa shape index (κ2) is 17.5. The standard InChI is InChI=1S/C21H34F6O10/c1-2-6-30-12-17(35-18-5-3-4-7-34-18)13-33-11-16(29)10-31-8-9-32-15-20(24,25)37-21(26,27)36-19(22,23)14-28/h2,16-18,28-29H,1,3-15H2. The van der Waals surface area contributed by atoms with Gasteiger partial charge in [0, 0.05) is 6.61 Å². The van der Waals surface area contributed by atoms with Crippen LogP contribution in [0.5, 0.6) is 0 Å². The molecule has 0 aliphatic carbocycles. The van der Waals surface area contributed by atoms with Gasteiger partial charge in [0.05, 0.1) is 46.2 Å². The van der Waals surface area contributed by atoms with E-state index >= 15 is 0 Å². The van der Waals surface area contributed by atoms with Gasteiger partial charge in [-0.25, -0.2) is 9.47 Å². The van der Waals surface area contributed by atoms with E-state index in [1.807, 2.05) is 0 Å². The molecule has 1 saturated heterocycles. The second-order valence-electron chi connectivity index (χ2n) is 7.80. The Morgan fingerprint density at radius 2 is 1.54 bits per heavy atom. The summed E-state index contributed by atoms with van der Waals surface area (Å²) in [5, 5.41) is 18.1. The van der Waals surface area contributed by atoms with Crippen molar-refractivity contribution in [1.29, 1.82) is 0 Å². The fourth-order valence-corrected chi connectivity index (χ4v) is 2.78. The topological polar surface area (TPSA) is 114 Å². The lowest BCUT2D eigenvalue weighted by molar-refractivity contribution is -0.517. The molecule has 1 aliphatic rings. The summed E-state index contributed by atoms with van der Waals surface area (Å²) in [5.74, 6) is 0. The summed E-state index contributed by atoms with van der Waals surface area (Å²) < 4.78 is 115. The highest BCUT2D eigenvalue weighted by atomic mass is 19.3. The summed E-state index contributed by atoms with van der Waals surface area (Å²) in [6.45, 7) is -0.373. The van der Waals surface area contributed by atoms with Crippen molar-refractivity contribution >= 4 is 0 Å². The summed E-state index contributed by atoms with van der Waals surface area (Å²) in [6.07, 6.45) is -12.6. The first-order valence-electron chi connectivity index (χ1n) is 11.4. The maximum absolute atomic E-state index is 13.3. The molecule has 0 aromatic carbocycles. The number of rotatable bonds is 22. The van der Waals surface area contributed by atoms with Crippen molar-refractivity contribution in [2.45, 2.75) is 56.3 Å². The first-order chi connectivity index (χ1) is 17.4. The summed E-state index contributed by atoms with van der Waals surface area (Å²) in [7, 11) is 0. The normalized spacial score (nSPS) is 19.1. The summed E-state index contributed by atoms with van der Waals surface area (Å²) >= 11 is 0. The number of hydrogen-bond donors (Lipinski definition) is 2. The Kier molecular flexibility index (Phi) is 16.1. The zero-order valence-corrected chi connectivity index (χ0v) is 20.1. The lowest BCUT2D eigenvalue weighted by Crippen LogP contribution is -2.43. The molecule has 0 saturated carbocycles. The molecule has 0 aromatic heterocycles. The minimum absolute atomic E-state index is 0.0881. The highest BCUT2D eigenvalue weighted by Gasteiger charge is 2.52. The van der Waals surface area contributed by atoms with Gasteiger partial charge in [0.25, 0.3) is 0 Å². The molecular weight excluding hydrogens is 526 g/mol. The number of halogens is 6. The summed E-state index contributed by atoms with van der Waals surface area (Å²) in [6, 6.07) is 0. The Morgan fingerprint density at radius 3 is 2.19 bits per heavy atom. The maximum atomic E-state index is 13.3. The van der Waals surface area contributed by atoms with Crippen LogP contribution >= 0.6 is 0 Å². The van der Waals surface area contributed by atoms with Gasteiger partial charge in [0.15, 0.2) is 6.29 Å². The molecule has 220 valence electrons. The minimum atomic E-state index is -5.40. The highest BCUT2D eigenvalue weighted by molar-refractivity contribution is 4.67. The Hall–Kier alpha value is -1.08. The average molecular weight is 560 g/mol. The SMILES string of the molecule is C=CCOCC(COCC(O)COCCOCC(F)(F)OC(F)(F)OC(F)(F)CO)OC1CCCCO1. The van der Waals surface area contributed by atoms with Gasteiger partial charge in [-0.15, -0.1) is 15.4 Å². The largest absolute Gasteiger partial charge is 0.495 e. The molecule has 2 N–H and O–H groups in total. The molecule has 0 amide bonds. The van der Waals surface area contributed by atoms with Crippen molar-refractivity contribution in [3.63, 3.8) is 0 Å². The summed E-state index contributed by atoms with van der Waals surface area (Å²) in [4.78, 5) is 0. The van der Waals surface area contributed by atoms with Crippen LogP contribution in [0.3, 0.4) is 0 Å². The minimum Gasteiger partial charge on any atom is -0.388 e. The van der Waals surface area contributed by atoms with Crippen LogP contribution in [0.2, 0.25) is 0 Å². The van der Waals surface area contributed by atoms with Gasteiger partial charge in [-0.05, 0) is 19.3 Å². The molecule has 0 bridgehead atoms. The van der Waals surface area contributed by atoms with Gasteiger partial charge in [-0.3, -0.25) is 0 Å². The van der Waals surface area contributed by atoms with Crippen molar-refractivity contribution in [1.82, 2.24) is 0 Å². The number of aliphatic hydroxyl groups is 2. The van der Waals surface area contributed by atoms with E-state index in [0.717, 1.165) is 19.3 Å². The fourth-order valence-electron chi connectivity index (χ4n) is 2.78. The number of aliphatic hydroxyl groups excluding tert-OH is 2. The maximum Gasteiger partial charge on any atom is 0.495 e. The van der Waals surface area contributed by atoms with Crippen molar-refractivity contribution in [3.8, 4) is 0 Å². The van der Waals surface area contributed by atoms with E-state index in [-0.39, 0.29) is 39.3 Å². The summed E-state index contributed by atoms with van der Waals surface area (Å²) in [5.41, 5.74) is 0. The van der Waals surface area contributed by atoms with Gasteiger partial charge >= 0.3 is 18.5 Å². The zero-order valence-electron chi connectivity index (χ0n) is 20.1. The quantitative estimate of drug-likeness (QED) is 0.0885. The molecule has 3 atom stereocenters. The number of alkyl halides is 6. The Morgan fingerprint density at radius 1 is 0.892 bits per heavy atom. The van der Waals surface area contributed by atoms with E-state index < -0.39 is 50.5 Å². The molecule has 16 heteroatoms. The van der Waals surface area contributed by atoms with Crippen LogP contribution in [0.15, 0.2) is 12.7 Å². The van der Waals surface area contributed by atoms with Gasteiger partial charge in [-0.2, -0.15) is 17.6 Å². The molecule has 10 nitrogen and oxygen atoms in total. The lowest BCUT2D eigenvalue weighted by Gasteiger charge is -2.27. The Balaban J connectivity index is 2.21. The molecule has 1 fully saturated rings. The first kappa shape index (κ1) is 33.9. The third-order valence-corrected chi connectivity index (χ3v) is 4.31. The van der Waals surface area contributed by atoms with Crippen molar-refractivity contribution < 1.29 is 74.5 Å². The van der Waals surface area contributed by atoms with E-state index in [0.29, 0.717) is 13.2 Å². The van der Waals surface area contributed by atoms with E-state index in [4.69, 9.17) is 28.8 Å². The van der Waals surface area contributed by atoms with E-state index in [9.17, 15) is 31.4 Å². The van der Waals surface area contributed by atoms with E-state index in [1.165, 1.54) is 0 Å².